The van der Waals surface area contributed by atoms with Crippen molar-refractivity contribution >= 4 is 17.7 Å². The lowest BCUT2D eigenvalue weighted by atomic mass is 10.0. The zero-order chi connectivity index (χ0) is 20.2. The van der Waals surface area contributed by atoms with Gasteiger partial charge in [0.15, 0.2) is 6.04 Å². The van der Waals surface area contributed by atoms with Gasteiger partial charge in [0.05, 0.1) is 7.11 Å². The molecule has 2 rings (SSSR count). The molecule has 0 unspecified atom stereocenters. The molecular weight excluding hydrogens is 353 g/mol. The van der Waals surface area contributed by atoms with Crippen LogP contribution in [0.25, 0.3) is 0 Å². The van der Waals surface area contributed by atoms with E-state index in [0.29, 0.717) is 11.4 Å². The van der Waals surface area contributed by atoms with E-state index < -0.39 is 29.5 Å². The van der Waals surface area contributed by atoms with Gasteiger partial charge in [0.25, 0.3) is 0 Å². The molecule has 0 saturated heterocycles. The Kier molecular flexibility index (Phi) is 6.05. The van der Waals surface area contributed by atoms with Crippen molar-refractivity contribution in [3.63, 3.8) is 0 Å². The molecule has 0 aliphatic rings. The van der Waals surface area contributed by atoms with Gasteiger partial charge in [0.2, 0.25) is 0 Å². The predicted molar refractivity (Wildman–Crippen MR) is 98.5 cm³/mol. The molecule has 27 heavy (non-hydrogen) atoms. The van der Waals surface area contributed by atoms with Gasteiger partial charge in [0, 0.05) is 5.69 Å². The smallest absolute Gasteiger partial charge is 0.415 e. The summed E-state index contributed by atoms with van der Waals surface area (Å²) in [6.07, 6.45) is -0.829. The fraction of sp³-hybridized carbons (Fsp3) is 0.300. The average Bonchev–Trinajstić information content (AvgIpc) is 2.59. The molecule has 0 aliphatic heterocycles. The maximum absolute atomic E-state index is 13.3. The Morgan fingerprint density at radius 1 is 1.04 bits per heavy atom. The number of carboxylic acid groups (broad SMARTS) is 1. The van der Waals surface area contributed by atoms with Crippen molar-refractivity contribution in [3.05, 3.63) is 59.9 Å². The summed E-state index contributed by atoms with van der Waals surface area (Å²) in [6.45, 7) is 5.06. The summed E-state index contributed by atoms with van der Waals surface area (Å²) >= 11 is 0. The first-order chi connectivity index (χ1) is 12.6. The van der Waals surface area contributed by atoms with Crippen LogP contribution in [0.3, 0.4) is 0 Å². The van der Waals surface area contributed by atoms with Gasteiger partial charge in [-0.25, -0.2) is 14.0 Å². The minimum atomic E-state index is -1.39. The third-order valence-electron chi connectivity index (χ3n) is 3.62. The zero-order valence-corrected chi connectivity index (χ0v) is 15.6. The molecule has 144 valence electrons. The first-order valence-electron chi connectivity index (χ1n) is 8.27. The number of carboxylic acids is 1. The van der Waals surface area contributed by atoms with Crippen LogP contribution in [0.15, 0.2) is 48.5 Å². The number of methoxy groups -OCH3 is 1. The highest BCUT2D eigenvalue weighted by atomic mass is 19.1. The van der Waals surface area contributed by atoms with Crippen LogP contribution in [0.1, 0.15) is 32.4 Å². The van der Waals surface area contributed by atoms with Crippen LogP contribution in [0, 0.1) is 5.82 Å². The van der Waals surface area contributed by atoms with Crippen molar-refractivity contribution in [3.8, 4) is 5.75 Å². The number of aliphatic carboxylic acids is 1. The number of carbonyl (C=O) groups is 2. The normalized spacial score (nSPS) is 12.2. The van der Waals surface area contributed by atoms with E-state index in [1.807, 2.05) is 0 Å². The summed E-state index contributed by atoms with van der Waals surface area (Å²) in [5.74, 6) is -1.23. The standard InChI is InChI=1S/C20H22FNO5/c1-20(2,3)27-19(25)22(15-9-11-16(26-4)12-10-15)17(18(23)24)13-5-7-14(21)8-6-13/h5-12,17H,1-4H3,(H,23,24)/t17-/m1/s1. The van der Waals surface area contributed by atoms with Gasteiger partial charge < -0.3 is 14.6 Å². The van der Waals surface area contributed by atoms with Crippen molar-refractivity contribution < 1.29 is 28.6 Å². The van der Waals surface area contributed by atoms with E-state index in [4.69, 9.17) is 9.47 Å². The quantitative estimate of drug-likeness (QED) is 0.838. The molecule has 1 N–H and O–H groups in total. The average molecular weight is 375 g/mol. The van der Waals surface area contributed by atoms with E-state index in [-0.39, 0.29) is 5.56 Å². The number of ether oxygens (including phenoxy) is 2. The van der Waals surface area contributed by atoms with E-state index in [2.05, 4.69) is 0 Å². The second kappa shape index (κ2) is 8.07. The van der Waals surface area contributed by atoms with Gasteiger partial charge in [-0.1, -0.05) is 12.1 Å². The van der Waals surface area contributed by atoms with Gasteiger partial charge >= 0.3 is 12.1 Å². The molecule has 2 aromatic rings. The maximum Gasteiger partial charge on any atom is 0.415 e. The maximum atomic E-state index is 13.3. The van der Waals surface area contributed by atoms with Crippen LogP contribution in [-0.2, 0) is 9.53 Å². The molecule has 0 heterocycles. The fourth-order valence-electron chi connectivity index (χ4n) is 2.46. The Morgan fingerprint density at radius 3 is 2.04 bits per heavy atom. The van der Waals surface area contributed by atoms with Crippen LogP contribution >= 0.6 is 0 Å². The summed E-state index contributed by atoms with van der Waals surface area (Å²) in [5.41, 5.74) is -0.277. The summed E-state index contributed by atoms with van der Waals surface area (Å²) in [4.78, 5) is 25.9. The summed E-state index contributed by atoms with van der Waals surface area (Å²) in [5, 5.41) is 9.81. The highest BCUT2D eigenvalue weighted by molar-refractivity contribution is 5.96. The van der Waals surface area contributed by atoms with E-state index in [1.165, 1.54) is 19.2 Å². The number of carbonyl (C=O) groups excluding carboxylic acids is 1. The van der Waals surface area contributed by atoms with Gasteiger partial charge in [-0.3, -0.25) is 4.90 Å². The molecule has 0 spiro atoms. The number of hydrogen-bond donors (Lipinski definition) is 1. The number of benzene rings is 2. The first-order valence-corrected chi connectivity index (χ1v) is 8.27. The Balaban J connectivity index is 2.54. The number of rotatable bonds is 5. The molecule has 7 heteroatoms. The van der Waals surface area contributed by atoms with Gasteiger partial charge in [-0.15, -0.1) is 0 Å². The second-order valence-electron chi connectivity index (χ2n) is 6.84. The number of halogens is 1. The molecule has 0 fully saturated rings. The molecule has 0 saturated carbocycles. The number of anilines is 1. The SMILES string of the molecule is COc1ccc(N(C(=O)OC(C)(C)C)[C@@H](C(=O)O)c2ccc(F)cc2)cc1. The molecule has 2 aromatic carbocycles. The third-order valence-corrected chi connectivity index (χ3v) is 3.62. The van der Waals surface area contributed by atoms with E-state index >= 15 is 0 Å². The van der Waals surface area contributed by atoms with Gasteiger partial charge in [-0.2, -0.15) is 0 Å². The minimum Gasteiger partial charge on any atom is -0.497 e. The van der Waals surface area contributed by atoms with Crippen molar-refractivity contribution in [2.45, 2.75) is 32.4 Å². The van der Waals surface area contributed by atoms with Crippen molar-refractivity contribution in [1.82, 2.24) is 0 Å². The Hall–Kier alpha value is -3.09. The second-order valence-corrected chi connectivity index (χ2v) is 6.84. The van der Waals surface area contributed by atoms with Crippen molar-refractivity contribution in [1.29, 1.82) is 0 Å². The van der Waals surface area contributed by atoms with Gasteiger partial charge in [-0.05, 0) is 62.7 Å². The topological polar surface area (TPSA) is 76.1 Å². The summed E-state index contributed by atoms with van der Waals surface area (Å²) < 4.78 is 23.8. The Morgan fingerprint density at radius 2 is 1.59 bits per heavy atom. The summed E-state index contributed by atoms with van der Waals surface area (Å²) in [7, 11) is 1.50. The van der Waals surface area contributed by atoms with Crippen molar-refractivity contribution in [2.75, 3.05) is 12.0 Å². The highest BCUT2D eigenvalue weighted by Gasteiger charge is 2.35. The lowest BCUT2D eigenvalue weighted by Crippen LogP contribution is -2.42. The molecule has 0 aromatic heterocycles. The first kappa shape index (κ1) is 20.2. The minimum absolute atomic E-state index is 0.241. The van der Waals surface area contributed by atoms with Crippen LogP contribution in [-0.4, -0.2) is 29.9 Å². The van der Waals surface area contributed by atoms with Crippen LogP contribution in [0.4, 0.5) is 14.9 Å². The molecule has 6 nitrogen and oxygen atoms in total. The van der Waals surface area contributed by atoms with E-state index in [1.54, 1.807) is 45.0 Å². The lowest BCUT2D eigenvalue weighted by Gasteiger charge is -2.31. The fourth-order valence-corrected chi connectivity index (χ4v) is 2.46. The number of nitrogens with zero attached hydrogens (tertiary/aromatic N) is 1. The van der Waals surface area contributed by atoms with Crippen molar-refractivity contribution in [2.24, 2.45) is 0 Å². The highest BCUT2D eigenvalue weighted by Crippen LogP contribution is 2.31. The number of amides is 1. The molecule has 0 bridgehead atoms. The molecular formula is C20H22FNO5. The largest absolute Gasteiger partial charge is 0.497 e. The monoisotopic (exact) mass is 375 g/mol. The zero-order valence-electron chi connectivity index (χ0n) is 15.6. The van der Waals surface area contributed by atoms with E-state index in [0.717, 1.165) is 17.0 Å². The predicted octanol–water partition coefficient (Wildman–Crippen LogP) is 4.40. The van der Waals surface area contributed by atoms with Gasteiger partial charge in [0.1, 0.15) is 17.2 Å². The van der Waals surface area contributed by atoms with Crippen LogP contribution in [0.2, 0.25) is 0 Å². The summed E-state index contributed by atoms with van der Waals surface area (Å²) in [6, 6.07) is 9.88. The Labute approximate surface area is 157 Å². The van der Waals surface area contributed by atoms with Crippen LogP contribution in [0.5, 0.6) is 5.75 Å². The molecule has 0 radical (unpaired) electrons. The van der Waals surface area contributed by atoms with Crippen LogP contribution < -0.4 is 9.64 Å². The Bertz CT molecular complexity index is 797. The number of hydrogen-bond acceptors (Lipinski definition) is 4. The van der Waals surface area contributed by atoms with E-state index in [9.17, 15) is 19.1 Å². The molecule has 1 amide bonds. The third kappa shape index (κ3) is 5.20. The molecule has 1 atom stereocenters. The molecule has 0 aliphatic carbocycles. The lowest BCUT2D eigenvalue weighted by molar-refractivity contribution is -0.138.